The highest BCUT2D eigenvalue weighted by molar-refractivity contribution is 5.98. The molecule has 0 aromatic heterocycles. The Morgan fingerprint density at radius 1 is 0.615 bits per heavy atom. The van der Waals surface area contributed by atoms with E-state index in [1.807, 2.05) is 0 Å². The third-order valence-electron chi connectivity index (χ3n) is 5.80. The van der Waals surface area contributed by atoms with Crippen LogP contribution >= 0.6 is 0 Å². The highest BCUT2D eigenvalue weighted by Gasteiger charge is 2.55. The number of ether oxygens (including phenoxy) is 1. The molecule has 0 radical (unpaired) electrons. The number of nitrogens with zero attached hydrogens (tertiary/aromatic N) is 5. The molecule has 1 aliphatic heterocycles. The summed E-state index contributed by atoms with van der Waals surface area (Å²) in [5.74, 6) is -4.23. The molecule has 19 nitrogen and oxygen atoms in total. The molecule has 4 rings (SSSR count). The lowest BCUT2D eigenvalue weighted by Gasteiger charge is -2.29. The number of hydrogen-bond donors (Lipinski definition) is 2. The van der Waals surface area contributed by atoms with E-state index in [0.29, 0.717) is 24.3 Å². The van der Waals surface area contributed by atoms with Gasteiger partial charge < -0.3 is 14.9 Å². The lowest BCUT2D eigenvalue weighted by molar-refractivity contribution is -0.396. The number of hydrogen-bond acceptors (Lipinski definition) is 14. The van der Waals surface area contributed by atoms with Gasteiger partial charge in [0.15, 0.2) is 5.60 Å². The zero-order valence-corrected chi connectivity index (χ0v) is 18.6. The monoisotopic (exact) mass is 543 g/mol. The normalized spacial score (nSPS) is 13.3. The first-order valence-electron chi connectivity index (χ1n) is 10.1. The number of esters is 1. The Bertz CT molecular complexity index is 1530. The molecule has 0 bridgehead atoms. The molecule has 39 heavy (non-hydrogen) atoms. The Morgan fingerprint density at radius 2 is 0.974 bits per heavy atom. The van der Waals surface area contributed by atoms with E-state index < -0.39 is 98.4 Å². The zero-order chi connectivity index (χ0) is 29.0. The van der Waals surface area contributed by atoms with Gasteiger partial charge in [-0.1, -0.05) is 6.07 Å². The largest absolute Gasteiger partial charge is 0.497 e. The summed E-state index contributed by atoms with van der Waals surface area (Å²) in [6.45, 7) is 0. The smallest absolute Gasteiger partial charge is 0.340 e. The maximum atomic E-state index is 12.9. The van der Waals surface area contributed by atoms with Crippen LogP contribution < -0.4 is 0 Å². The summed E-state index contributed by atoms with van der Waals surface area (Å²) < 4.78 is 5.40. The number of nitro benzene ring substituents is 5. The quantitative estimate of drug-likeness (QED) is 0.246. The molecule has 1 heterocycles. The molecule has 0 aliphatic carbocycles. The standard InChI is InChI=1S/C20H9N5O14/c26-17-12(22(31)32)4-8(5-13(17)23(33)34)20(9-6-14(24(35)36)18(27)15(7-9)25(37)38)16-10(19(28)39-20)2-1-3-11(16)21(29)30/h1-7,26-27H. The first kappa shape index (κ1) is 25.8. The zero-order valence-electron chi connectivity index (χ0n) is 18.6. The molecule has 198 valence electrons. The number of carbonyl (C=O) groups is 1. The third-order valence-corrected chi connectivity index (χ3v) is 5.80. The van der Waals surface area contributed by atoms with Crippen LogP contribution in [0.3, 0.4) is 0 Å². The van der Waals surface area contributed by atoms with E-state index in [0.717, 1.165) is 18.2 Å². The van der Waals surface area contributed by atoms with Gasteiger partial charge in [0, 0.05) is 41.5 Å². The van der Waals surface area contributed by atoms with Gasteiger partial charge in [-0.15, -0.1) is 0 Å². The number of phenolic OH excluding ortho intramolecular Hbond substituents is 2. The van der Waals surface area contributed by atoms with Crippen LogP contribution in [-0.2, 0) is 10.3 Å². The maximum absolute atomic E-state index is 12.9. The minimum Gasteiger partial charge on any atom is -0.497 e. The van der Waals surface area contributed by atoms with Crippen molar-refractivity contribution in [3.63, 3.8) is 0 Å². The summed E-state index contributed by atoms with van der Waals surface area (Å²) in [5.41, 5.74) is -12.0. The van der Waals surface area contributed by atoms with Crippen LogP contribution in [0.4, 0.5) is 28.4 Å². The summed E-state index contributed by atoms with van der Waals surface area (Å²) in [7, 11) is 0. The van der Waals surface area contributed by atoms with E-state index in [-0.39, 0.29) is 0 Å². The number of benzene rings is 3. The van der Waals surface area contributed by atoms with Gasteiger partial charge in [0.1, 0.15) is 0 Å². The Morgan fingerprint density at radius 3 is 1.31 bits per heavy atom. The molecule has 0 atom stereocenters. The van der Waals surface area contributed by atoms with Crippen molar-refractivity contribution in [2.45, 2.75) is 5.60 Å². The van der Waals surface area contributed by atoms with Gasteiger partial charge in [0.25, 0.3) is 17.2 Å². The van der Waals surface area contributed by atoms with Gasteiger partial charge >= 0.3 is 28.7 Å². The van der Waals surface area contributed by atoms with Gasteiger partial charge in [-0.05, 0) is 6.07 Å². The van der Waals surface area contributed by atoms with Crippen LogP contribution in [0.1, 0.15) is 27.0 Å². The predicted octanol–water partition coefficient (Wildman–Crippen LogP) is 3.10. The number of rotatable bonds is 7. The molecule has 0 unspecified atom stereocenters. The summed E-state index contributed by atoms with van der Waals surface area (Å²) >= 11 is 0. The number of cyclic esters (lactones) is 1. The van der Waals surface area contributed by atoms with E-state index in [4.69, 9.17) is 4.74 Å². The van der Waals surface area contributed by atoms with Gasteiger partial charge in [0.2, 0.25) is 0 Å². The number of nitro groups is 5. The predicted molar refractivity (Wildman–Crippen MR) is 121 cm³/mol. The fraction of sp³-hybridized carbons (Fsp3) is 0.0500. The lowest BCUT2D eigenvalue weighted by Crippen LogP contribution is -2.31. The molecule has 19 heteroatoms. The molecular weight excluding hydrogens is 534 g/mol. The third kappa shape index (κ3) is 3.73. The average molecular weight is 543 g/mol. The SMILES string of the molecule is O=C1OC(c2cc([N+](=O)[O-])c(O)c([N+](=O)[O-])c2)(c2cc([N+](=O)[O-])c(O)c([N+](=O)[O-])c2)c2c1cccc2[N+](=O)[O-]. The van der Waals surface area contributed by atoms with Crippen molar-refractivity contribution in [2.75, 3.05) is 0 Å². The Balaban J connectivity index is 2.30. The summed E-state index contributed by atoms with van der Waals surface area (Å²) in [6, 6.07) is 4.72. The van der Waals surface area contributed by atoms with Crippen LogP contribution in [0.5, 0.6) is 11.5 Å². The van der Waals surface area contributed by atoms with Gasteiger partial charge in [-0.2, -0.15) is 0 Å². The Kier molecular flexibility index (Phi) is 5.75. The van der Waals surface area contributed by atoms with Gasteiger partial charge in [0.05, 0.1) is 35.7 Å². The Hall–Kier alpha value is -6.27. The minimum atomic E-state index is -2.89. The summed E-state index contributed by atoms with van der Waals surface area (Å²) in [6.07, 6.45) is 0. The van der Waals surface area contributed by atoms with Crippen LogP contribution in [0.15, 0.2) is 42.5 Å². The van der Waals surface area contributed by atoms with Crippen molar-refractivity contribution in [3.05, 3.63) is 115 Å². The van der Waals surface area contributed by atoms with Crippen molar-refractivity contribution in [3.8, 4) is 11.5 Å². The summed E-state index contributed by atoms with van der Waals surface area (Å²) in [4.78, 5) is 65.3. The summed E-state index contributed by atoms with van der Waals surface area (Å²) in [5, 5.41) is 78.6. The van der Waals surface area contributed by atoms with E-state index in [2.05, 4.69) is 0 Å². The molecule has 3 aromatic rings. The van der Waals surface area contributed by atoms with Crippen LogP contribution in [0, 0.1) is 50.6 Å². The number of carbonyl (C=O) groups excluding carboxylic acids is 1. The fourth-order valence-electron chi connectivity index (χ4n) is 4.22. The Labute approximate surface area is 211 Å². The molecule has 0 amide bonds. The highest BCUT2D eigenvalue weighted by atomic mass is 16.6. The average Bonchev–Trinajstić information content (AvgIpc) is 3.16. The van der Waals surface area contributed by atoms with E-state index in [1.165, 1.54) is 0 Å². The van der Waals surface area contributed by atoms with E-state index in [1.54, 1.807) is 0 Å². The maximum Gasteiger partial charge on any atom is 0.340 e. The molecule has 1 aliphatic rings. The first-order chi connectivity index (χ1) is 18.2. The van der Waals surface area contributed by atoms with Crippen molar-refractivity contribution in [1.82, 2.24) is 0 Å². The molecule has 3 aromatic carbocycles. The van der Waals surface area contributed by atoms with Gasteiger partial charge in [-0.25, -0.2) is 4.79 Å². The van der Waals surface area contributed by atoms with Crippen molar-refractivity contribution in [1.29, 1.82) is 0 Å². The number of fused-ring (bicyclic) bond motifs is 1. The number of phenols is 2. The fourth-order valence-corrected chi connectivity index (χ4v) is 4.22. The second-order valence-corrected chi connectivity index (χ2v) is 7.78. The molecular formula is C20H9N5O14. The second-order valence-electron chi connectivity index (χ2n) is 7.78. The highest BCUT2D eigenvalue weighted by Crippen LogP contribution is 2.55. The van der Waals surface area contributed by atoms with Crippen LogP contribution in [-0.4, -0.2) is 40.8 Å². The van der Waals surface area contributed by atoms with Gasteiger partial charge in [-0.3, -0.25) is 50.6 Å². The first-order valence-corrected chi connectivity index (χ1v) is 10.1. The van der Waals surface area contributed by atoms with E-state index >= 15 is 0 Å². The molecule has 0 saturated heterocycles. The molecule has 0 saturated carbocycles. The topological polar surface area (TPSA) is 282 Å². The second kappa shape index (κ2) is 8.69. The van der Waals surface area contributed by atoms with Crippen LogP contribution in [0.25, 0.3) is 0 Å². The van der Waals surface area contributed by atoms with Crippen molar-refractivity contribution in [2.24, 2.45) is 0 Å². The van der Waals surface area contributed by atoms with E-state index in [9.17, 15) is 65.6 Å². The lowest BCUT2D eigenvalue weighted by atomic mass is 9.78. The van der Waals surface area contributed by atoms with Crippen LogP contribution in [0.2, 0.25) is 0 Å². The molecule has 2 N–H and O–H groups in total. The number of aromatic hydroxyl groups is 2. The minimum absolute atomic E-state index is 0.450. The van der Waals surface area contributed by atoms with Crippen molar-refractivity contribution < 1.29 is 44.4 Å². The molecule has 0 spiro atoms. The van der Waals surface area contributed by atoms with Crippen molar-refractivity contribution >= 4 is 34.4 Å². The molecule has 0 fully saturated rings.